The number of aliphatic imine (C=N–C) groups is 1. The van der Waals surface area contributed by atoms with E-state index in [-0.39, 0.29) is 0 Å². The van der Waals surface area contributed by atoms with Gasteiger partial charge in [-0.2, -0.15) is 0 Å². The number of aryl methyl sites for hydroxylation is 1. The first-order valence-corrected chi connectivity index (χ1v) is 7.10. The molecular formula is C15H24BrNO2. The summed E-state index contributed by atoms with van der Waals surface area (Å²) in [5.74, 6) is 0. The first kappa shape index (κ1) is 20.3. The van der Waals surface area contributed by atoms with Gasteiger partial charge in [0.1, 0.15) is 0 Å². The van der Waals surface area contributed by atoms with E-state index in [0.717, 1.165) is 28.4 Å². The number of ether oxygens (including phenoxy) is 1. The number of rotatable bonds is 3. The summed E-state index contributed by atoms with van der Waals surface area (Å²) < 4.78 is 5.05. The summed E-state index contributed by atoms with van der Waals surface area (Å²) in [6, 6.07) is 3.75. The molecule has 0 N–H and O–H groups in total. The second-order valence-corrected chi connectivity index (χ2v) is 4.12. The summed E-state index contributed by atoms with van der Waals surface area (Å²) >= 11 is 3.34. The van der Waals surface area contributed by atoms with Crippen LogP contribution in [-0.2, 0) is 11.2 Å². The third-order valence-corrected chi connectivity index (χ3v) is 2.66. The maximum absolute atomic E-state index is 10.7. The van der Waals surface area contributed by atoms with Gasteiger partial charge in [0.05, 0.1) is 5.69 Å². The lowest BCUT2D eigenvalue weighted by molar-refractivity contribution is 0.112. The van der Waals surface area contributed by atoms with Crippen molar-refractivity contribution in [1.82, 2.24) is 0 Å². The van der Waals surface area contributed by atoms with Crippen LogP contribution in [0.5, 0.6) is 0 Å². The van der Waals surface area contributed by atoms with Gasteiger partial charge in [-0.25, -0.2) is 0 Å². The van der Waals surface area contributed by atoms with Gasteiger partial charge >= 0.3 is 0 Å². The van der Waals surface area contributed by atoms with E-state index in [1.807, 2.05) is 39.8 Å². The van der Waals surface area contributed by atoms with Gasteiger partial charge < -0.3 is 4.74 Å². The summed E-state index contributed by atoms with van der Waals surface area (Å²) in [4.78, 5) is 14.9. The van der Waals surface area contributed by atoms with E-state index in [4.69, 9.17) is 0 Å². The van der Waals surface area contributed by atoms with Crippen LogP contribution in [0.3, 0.4) is 0 Å². The Morgan fingerprint density at radius 2 is 1.84 bits per heavy atom. The first-order valence-electron chi connectivity index (χ1n) is 6.30. The molecule has 0 radical (unpaired) electrons. The van der Waals surface area contributed by atoms with Crippen molar-refractivity contribution in [2.45, 2.75) is 34.1 Å². The number of benzene rings is 1. The topological polar surface area (TPSA) is 38.7 Å². The Kier molecular flexibility index (Phi) is 14.4. The lowest BCUT2D eigenvalue weighted by atomic mass is 10.1. The molecule has 0 unspecified atom stereocenters. The zero-order valence-electron chi connectivity index (χ0n) is 12.7. The van der Waals surface area contributed by atoms with Gasteiger partial charge in [0, 0.05) is 30.5 Å². The van der Waals surface area contributed by atoms with Crippen molar-refractivity contribution >= 4 is 34.1 Å². The second kappa shape index (κ2) is 13.4. The van der Waals surface area contributed by atoms with E-state index in [1.54, 1.807) is 20.4 Å². The van der Waals surface area contributed by atoms with Crippen LogP contribution in [0.15, 0.2) is 21.6 Å². The van der Waals surface area contributed by atoms with E-state index in [0.29, 0.717) is 5.56 Å². The SMILES string of the molecule is CC.CC=Nc1cc(Br)c(C=O)cc1CC.COC. The van der Waals surface area contributed by atoms with Crippen molar-refractivity contribution in [3.05, 3.63) is 27.7 Å². The molecule has 3 nitrogen and oxygen atoms in total. The zero-order chi connectivity index (χ0) is 15.3. The third-order valence-electron chi connectivity index (χ3n) is 1.97. The van der Waals surface area contributed by atoms with Crippen molar-refractivity contribution in [3.63, 3.8) is 0 Å². The van der Waals surface area contributed by atoms with Crippen LogP contribution in [0.2, 0.25) is 0 Å². The van der Waals surface area contributed by atoms with Crippen molar-refractivity contribution in [2.24, 2.45) is 4.99 Å². The molecule has 0 aromatic heterocycles. The predicted molar refractivity (Wildman–Crippen MR) is 87.0 cm³/mol. The molecule has 0 spiro atoms. The highest BCUT2D eigenvalue weighted by Gasteiger charge is 2.05. The van der Waals surface area contributed by atoms with Gasteiger partial charge in [-0.3, -0.25) is 9.79 Å². The molecule has 0 atom stereocenters. The Hall–Kier alpha value is -1.00. The summed E-state index contributed by atoms with van der Waals surface area (Å²) in [5.41, 5.74) is 2.69. The average molecular weight is 330 g/mol. The minimum Gasteiger partial charge on any atom is -0.388 e. The molecule has 1 aromatic rings. The van der Waals surface area contributed by atoms with Crippen molar-refractivity contribution in [3.8, 4) is 0 Å². The number of hydrogen-bond donors (Lipinski definition) is 0. The Morgan fingerprint density at radius 3 is 2.21 bits per heavy atom. The van der Waals surface area contributed by atoms with Gasteiger partial charge in [-0.15, -0.1) is 0 Å². The number of halogens is 1. The molecular weight excluding hydrogens is 306 g/mol. The number of carbonyl (C=O) groups excluding carboxylic acids is 1. The molecule has 1 aromatic carbocycles. The van der Waals surface area contributed by atoms with Gasteiger partial charge in [-0.05, 0) is 47.0 Å². The molecule has 0 saturated carbocycles. The standard InChI is InChI=1S/C11H12BrNO.C2H6O.C2H6/c1-3-8-5-9(7-14)10(12)6-11(8)13-4-2;1-3-2;1-2/h4-7H,3H2,1-2H3;1-2H3;1-2H3. The van der Waals surface area contributed by atoms with Crippen molar-refractivity contribution in [1.29, 1.82) is 0 Å². The summed E-state index contributed by atoms with van der Waals surface area (Å²) in [6.45, 7) is 7.92. The number of nitrogens with zero attached hydrogens (tertiary/aromatic N) is 1. The van der Waals surface area contributed by atoms with Crippen LogP contribution in [0.25, 0.3) is 0 Å². The van der Waals surface area contributed by atoms with Gasteiger partial charge in [-0.1, -0.05) is 20.8 Å². The van der Waals surface area contributed by atoms with E-state index in [2.05, 4.69) is 25.7 Å². The first-order chi connectivity index (χ1) is 9.14. The van der Waals surface area contributed by atoms with Crippen LogP contribution in [-0.4, -0.2) is 26.7 Å². The molecule has 108 valence electrons. The molecule has 0 heterocycles. The van der Waals surface area contributed by atoms with E-state index < -0.39 is 0 Å². The molecule has 0 aliphatic heterocycles. The molecule has 1 rings (SSSR count). The monoisotopic (exact) mass is 329 g/mol. The highest BCUT2D eigenvalue weighted by Crippen LogP contribution is 2.27. The third kappa shape index (κ3) is 7.90. The quantitative estimate of drug-likeness (QED) is 0.588. The van der Waals surface area contributed by atoms with Crippen molar-refractivity contribution < 1.29 is 9.53 Å². The Labute approximate surface area is 125 Å². The molecule has 0 saturated heterocycles. The highest BCUT2D eigenvalue weighted by atomic mass is 79.9. The molecule has 19 heavy (non-hydrogen) atoms. The second-order valence-electron chi connectivity index (χ2n) is 3.27. The Morgan fingerprint density at radius 1 is 1.32 bits per heavy atom. The van der Waals surface area contributed by atoms with Crippen LogP contribution < -0.4 is 0 Å². The lowest BCUT2D eigenvalue weighted by Crippen LogP contribution is -1.88. The number of hydrogen-bond acceptors (Lipinski definition) is 3. The Balaban J connectivity index is 0. The fourth-order valence-corrected chi connectivity index (χ4v) is 1.68. The smallest absolute Gasteiger partial charge is 0.151 e. The minimum absolute atomic E-state index is 0.678. The molecule has 0 amide bonds. The number of carbonyl (C=O) groups is 1. The fourth-order valence-electron chi connectivity index (χ4n) is 1.26. The fraction of sp³-hybridized carbons (Fsp3) is 0.467. The average Bonchev–Trinajstić information content (AvgIpc) is 2.42. The van der Waals surface area contributed by atoms with E-state index in [1.165, 1.54) is 0 Å². The normalized spacial score (nSPS) is 9.21. The number of methoxy groups -OCH3 is 1. The summed E-state index contributed by atoms with van der Waals surface area (Å²) in [5, 5.41) is 0. The maximum atomic E-state index is 10.7. The largest absolute Gasteiger partial charge is 0.388 e. The van der Waals surface area contributed by atoms with Crippen LogP contribution in [0.1, 0.15) is 43.6 Å². The molecule has 0 fully saturated rings. The summed E-state index contributed by atoms with van der Waals surface area (Å²) in [7, 11) is 3.25. The number of aldehydes is 1. The Bertz CT molecular complexity index is 390. The molecule has 0 aliphatic carbocycles. The van der Waals surface area contributed by atoms with E-state index in [9.17, 15) is 4.79 Å². The highest BCUT2D eigenvalue weighted by molar-refractivity contribution is 9.10. The van der Waals surface area contributed by atoms with Gasteiger partial charge in [0.15, 0.2) is 6.29 Å². The minimum atomic E-state index is 0.678. The molecule has 4 heteroatoms. The maximum Gasteiger partial charge on any atom is 0.151 e. The van der Waals surface area contributed by atoms with Crippen LogP contribution >= 0.6 is 15.9 Å². The van der Waals surface area contributed by atoms with E-state index >= 15 is 0 Å². The zero-order valence-corrected chi connectivity index (χ0v) is 14.2. The summed E-state index contributed by atoms with van der Waals surface area (Å²) in [6.07, 6.45) is 3.48. The van der Waals surface area contributed by atoms with Crippen LogP contribution in [0, 0.1) is 0 Å². The predicted octanol–water partition coefficient (Wildman–Crippen LogP) is 4.84. The van der Waals surface area contributed by atoms with Crippen LogP contribution in [0.4, 0.5) is 5.69 Å². The van der Waals surface area contributed by atoms with Crippen molar-refractivity contribution in [2.75, 3.05) is 14.2 Å². The van der Waals surface area contributed by atoms with Gasteiger partial charge in [0.2, 0.25) is 0 Å². The lowest BCUT2D eigenvalue weighted by Gasteiger charge is -2.05. The molecule has 0 aliphatic rings. The molecule has 0 bridgehead atoms. The van der Waals surface area contributed by atoms with Gasteiger partial charge in [0.25, 0.3) is 0 Å².